The molecule has 0 N–H and O–H groups in total. The Balaban J connectivity index is 2.21. The number of hydrogen-bond donors (Lipinski definition) is 0. The summed E-state index contributed by atoms with van der Waals surface area (Å²) in [6.07, 6.45) is 1.86. The van der Waals surface area contributed by atoms with E-state index >= 15 is 0 Å². The molecular weight excluding hydrogens is 282 g/mol. The molecular formula is C14H20ClNO2S. The topological polar surface area (TPSA) is 37.4 Å². The maximum atomic E-state index is 12.5. The van der Waals surface area contributed by atoms with Crippen molar-refractivity contribution in [2.75, 3.05) is 6.54 Å². The van der Waals surface area contributed by atoms with Crippen LogP contribution < -0.4 is 0 Å². The fourth-order valence-corrected chi connectivity index (χ4v) is 4.86. The number of sulfonamides is 1. The van der Waals surface area contributed by atoms with Crippen LogP contribution in [0.3, 0.4) is 0 Å². The molecule has 3 nitrogen and oxygen atoms in total. The van der Waals surface area contributed by atoms with E-state index in [-0.39, 0.29) is 11.3 Å². The van der Waals surface area contributed by atoms with Crippen molar-refractivity contribution in [1.29, 1.82) is 0 Å². The van der Waals surface area contributed by atoms with Crippen LogP contribution in [0.15, 0.2) is 24.3 Å². The third kappa shape index (κ3) is 3.30. The summed E-state index contributed by atoms with van der Waals surface area (Å²) in [6, 6.07) is 7.48. The summed E-state index contributed by atoms with van der Waals surface area (Å²) < 4.78 is 26.7. The summed E-state index contributed by atoms with van der Waals surface area (Å²) in [5.41, 5.74) is 1.50. The van der Waals surface area contributed by atoms with Gasteiger partial charge in [0.15, 0.2) is 0 Å². The summed E-state index contributed by atoms with van der Waals surface area (Å²) in [6.45, 7) is 4.62. The van der Waals surface area contributed by atoms with Crippen LogP contribution in [0.4, 0.5) is 0 Å². The summed E-state index contributed by atoms with van der Waals surface area (Å²) in [5, 5.41) is 0. The van der Waals surface area contributed by atoms with Gasteiger partial charge < -0.3 is 0 Å². The van der Waals surface area contributed by atoms with Crippen LogP contribution in [0.25, 0.3) is 0 Å². The minimum Gasteiger partial charge on any atom is -0.212 e. The molecule has 1 aromatic rings. The van der Waals surface area contributed by atoms with E-state index in [0.717, 1.165) is 24.0 Å². The molecule has 0 atom stereocenters. The highest BCUT2D eigenvalue weighted by molar-refractivity contribution is 7.88. The van der Waals surface area contributed by atoms with Gasteiger partial charge in [-0.2, -0.15) is 4.31 Å². The van der Waals surface area contributed by atoms with Crippen LogP contribution in [0, 0.1) is 0 Å². The molecule has 0 bridgehead atoms. The van der Waals surface area contributed by atoms with E-state index < -0.39 is 10.0 Å². The summed E-state index contributed by atoms with van der Waals surface area (Å²) >= 11 is 5.78. The SMILES string of the molecule is CC1(C)CCCN1S(=O)(=O)Cc1cccc(CCl)c1. The van der Waals surface area contributed by atoms with Gasteiger partial charge in [0.25, 0.3) is 0 Å². The van der Waals surface area contributed by atoms with Crippen molar-refractivity contribution in [2.45, 2.75) is 43.9 Å². The lowest BCUT2D eigenvalue weighted by Crippen LogP contribution is -2.43. The van der Waals surface area contributed by atoms with Gasteiger partial charge in [-0.15, -0.1) is 11.6 Å². The first kappa shape index (κ1) is 14.8. The second-order valence-electron chi connectivity index (χ2n) is 5.70. The predicted molar refractivity (Wildman–Crippen MR) is 78.6 cm³/mol. The molecule has 0 unspecified atom stereocenters. The number of alkyl halides is 1. The third-order valence-electron chi connectivity index (χ3n) is 3.66. The van der Waals surface area contributed by atoms with Crippen LogP contribution in [0.2, 0.25) is 0 Å². The Hall–Kier alpha value is -0.580. The molecule has 1 aliphatic heterocycles. The molecule has 1 saturated heterocycles. The molecule has 1 fully saturated rings. The average molecular weight is 302 g/mol. The van der Waals surface area contributed by atoms with Gasteiger partial charge in [-0.25, -0.2) is 8.42 Å². The Labute approximate surface area is 120 Å². The maximum Gasteiger partial charge on any atom is 0.218 e. The second kappa shape index (κ2) is 5.43. The molecule has 0 saturated carbocycles. The Morgan fingerprint density at radius 1 is 1.32 bits per heavy atom. The van der Waals surface area contributed by atoms with Gasteiger partial charge >= 0.3 is 0 Å². The first-order chi connectivity index (χ1) is 8.85. The molecule has 2 rings (SSSR count). The van der Waals surface area contributed by atoms with E-state index in [1.807, 2.05) is 38.1 Å². The van der Waals surface area contributed by atoms with Crippen LogP contribution in [-0.2, 0) is 21.7 Å². The Morgan fingerprint density at radius 2 is 2.00 bits per heavy atom. The van der Waals surface area contributed by atoms with Gasteiger partial charge in [0.2, 0.25) is 10.0 Å². The number of nitrogens with zero attached hydrogens (tertiary/aromatic N) is 1. The average Bonchev–Trinajstić information content (AvgIpc) is 2.69. The fraction of sp³-hybridized carbons (Fsp3) is 0.571. The predicted octanol–water partition coefficient (Wildman–Crippen LogP) is 3.13. The lowest BCUT2D eigenvalue weighted by Gasteiger charge is -2.30. The van der Waals surface area contributed by atoms with Crippen molar-refractivity contribution in [3.63, 3.8) is 0 Å². The zero-order chi connectivity index (χ0) is 14.1. The highest BCUT2D eigenvalue weighted by Crippen LogP contribution is 2.32. The number of halogens is 1. The molecule has 0 aliphatic carbocycles. The molecule has 1 aromatic carbocycles. The zero-order valence-electron chi connectivity index (χ0n) is 11.4. The third-order valence-corrected chi connectivity index (χ3v) is 6.01. The van der Waals surface area contributed by atoms with Crippen molar-refractivity contribution in [1.82, 2.24) is 4.31 Å². The van der Waals surface area contributed by atoms with Crippen LogP contribution in [0.1, 0.15) is 37.8 Å². The van der Waals surface area contributed by atoms with Crippen LogP contribution in [-0.4, -0.2) is 24.8 Å². The minimum atomic E-state index is -3.26. The Bertz CT molecular complexity index is 554. The molecule has 19 heavy (non-hydrogen) atoms. The van der Waals surface area contributed by atoms with E-state index in [4.69, 9.17) is 11.6 Å². The van der Waals surface area contributed by atoms with Gasteiger partial charge in [-0.05, 0) is 37.8 Å². The van der Waals surface area contributed by atoms with Gasteiger partial charge in [0.1, 0.15) is 0 Å². The summed E-state index contributed by atoms with van der Waals surface area (Å²) in [4.78, 5) is 0. The lowest BCUT2D eigenvalue weighted by atomic mass is 10.0. The Morgan fingerprint density at radius 3 is 2.58 bits per heavy atom. The smallest absolute Gasteiger partial charge is 0.212 e. The van der Waals surface area contributed by atoms with E-state index in [2.05, 4.69) is 0 Å². The monoisotopic (exact) mass is 301 g/mol. The van der Waals surface area contributed by atoms with Crippen molar-refractivity contribution in [2.24, 2.45) is 0 Å². The van der Waals surface area contributed by atoms with Gasteiger partial charge in [-0.3, -0.25) is 0 Å². The van der Waals surface area contributed by atoms with E-state index in [0.29, 0.717) is 12.4 Å². The molecule has 0 amide bonds. The number of rotatable bonds is 4. The molecule has 5 heteroatoms. The van der Waals surface area contributed by atoms with E-state index in [1.165, 1.54) is 0 Å². The van der Waals surface area contributed by atoms with Crippen molar-refractivity contribution >= 4 is 21.6 Å². The summed E-state index contributed by atoms with van der Waals surface area (Å²) in [5.74, 6) is 0.463. The van der Waals surface area contributed by atoms with Gasteiger partial charge in [0, 0.05) is 18.0 Å². The molecule has 1 heterocycles. The highest BCUT2D eigenvalue weighted by atomic mass is 35.5. The Kier molecular flexibility index (Phi) is 4.23. The lowest BCUT2D eigenvalue weighted by molar-refractivity contribution is 0.291. The molecule has 1 aliphatic rings. The highest BCUT2D eigenvalue weighted by Gasteiger charge is 2.39. The van der Waals surface area contributed by atoms with Crippen molar-refractivity contribution in [3.8, 4) is 0 Å². The fourth-order valence-electron chi connectivity index (χ4n) is 2.69. The van der Waals surface area contributed by atoms with Crippen LogP contribution >= 0.6 is 11.6 Å². The molecule has 106 valence electrons. The van der Waals surface area contributed by atoms with Gasteiger partial charge in [0.05, 0.1) is 5.75 Å². The number of benzene rings is 1. The molecule has 0 aromatic heterocycles. The minimum absolute atomic E-state index is 0.0567. The maximum absolute atomic E-state index is 12.5. The second-order valence-corrected chi connectivity index (χ2v) is 7.86. The van der Waals surface area contributed by atoms with Gasteiger partial charge in [-0.1, -0.05) is 24.3 Å². The van der Waals surface area contributed by atoms with E-state index in [1.54, 1.807) is 4.31 Å². The number of hydrogen-bond acceptors (Lipinski definition) is 2. The van der Waals surface area contributed by atoms with Crippen LogP contribution in [0.5, 0.6) is 0 Å². The standard InChI is InChI=1S/C14H20ClNO2S/c1-14(2)7-4-8-16(14)19(17,18)11-13-6-3-5-12(9-13)10-15/h3,5-6,9H,4,7-8,10-11H2,1-2H3. The quantitative estimate of drug-likeness (QED) is 0.801. The van der Waals surface area contributed by atoms with Crippen molar-refractivity contribution < 1.29 is 8.42 Å². The normalized spacial score (nSPS) is 19.7. The molecule has 0 radical (unpaired) electrons. The van der Waals surface area contributed by atoms with Crippen molar-refractivity contribution in [3.05, 3.63) is 35.4 Å². The summed E-state index contributed by atoms with van der Waals surface area (Å²) in [7, 11) is -3.26. The largest absolute Gasteiger partial charge is 0.218 e. The van der Waals surface area contributed by atoms with E-state index in [9.17, 15) is 8.42 Å². The first-order valence-electron chi connectivity index (χ1n) is 6.49. The zero-order valence-corrected chi connectivity index (χ0v) is 13.0. The first-order valence-corrected chi connectivity index (χ1v) is 8.64. The molecule has 0 spiro atoms.